The highest BCUT2D eigenvalue weighted by Crippen LogP contribution is 2.17. The number of carbonyl (C=O) groups is 2. The normalized spacial score (nSPS) is 9.64. The van der Waals surface area contributed by atoms with Crippen LogP contribution in [0.1, 0.15) is 15.9 Å². The van der Waals surface area contributed by atoms with Crippen LogP contribution in [-0.2, 0) is 9.53 Å². The quantitative estimate of drug-likeness (QED) is 0.428. The summed E-state index contributed by atoms with van der Waals surface area (Å²) in [5.74, 6) is -1.57. The average molecular weight is 213 g/mol. The molecule has 0 aliphatic heterocycles. The maximum atomic E-state index is 11.3. The Morgan fingerprint density at radius 3 is 2.50 bits per heavy atom. The predicted molar refractivity (Wildman–Crippen MR) is 52.5 cm³/mol. The number of aryl methyl sites for hydroxylation is 1. The Morgan fingerprint density at radius 2 is 2.00 bits per heavy atom. The van der Waals surface area contributed by atoms with Crippen LogP contribution in [0.5, 0.6) is 0 Å². The van der Waals surface area contributed by atoms with E-state index in [-0.39, 0.29) is 5.56 Å². The van der Waals surface area contributed by atoms with Crippen LogP contribution in [0.25, 0.3) is 0 Å². The maximum Gasteiger partial charge on any atom is 0.379 e. The van der Waals surface area contributed by atoms with Gasteiger partial charge in [0.1, 0.15) is 0 Å². The van der Waals surface area contributed by atoms with E-state index in [2.05, 4.69) is 4.74 Å². The van der Waals surface area contributed by atoms with Crippen molar-refractivity contribution >= 4 is 23.4 Å². The Labute approximate surface area is 86.6 Å². The molecule has 0 bridgehead atoms. The van der Waals surface area contributed by atoms with Crippen LogP contribution in [0.15, 0.2) is 18.2 Å². The third-order valence-electron chi connectivity index (χ3n) is 1.80. The van der Waals surface area contributed by atoms with Gasteiger partial charge < -0.3 is 4.74 Å². The van der Waals surface area contributed by atoms with Crippen LogP contribution < -0.4 is 0 Å². The summed E-state index contributed by atoms with van der Waals surface area (Å²) < 4.78 is 4.30. The van der Waals surface area contributed by atoms with Crippen molar-refractivity contribution in [1.29, 1.82) is 0 Å². The molecular formula is C10H9ClO3. The minimum Gasteiger partial charge on any atom is -0.463 e. The summed E-state index contributed by atoms with van der Waals surface area (Å²) >= 11 is 5.80. The first-order valence-electron chi connectivity index (χ1n) is 3.95. The minimum absolute atomic E-state index is 0.243. The monoisotopic (exact) mass is 212 g/mol. The van der Waals surface area contributed by atoms with Gasteiger partial charge in [-0.05, 0) is 18.6 Å². The molecular weight excluding hydrogens is 204 g/mol. The summed E-state index contributed by atoms with van der Waals surface area (Å²) in [6, 6.07) is 4.68. The lowest BCUT2D eigenvalue weighted by atomic mass is 10.1. The molecule has 74 valence electrons. The first-order chi connectivity index (χ1) is 6.56. The first-order valence-corrected chi connectivity index (χ1v) is 4.33. The lowest BCUT2D eigenvalue weighted by molar-refractivity contribution is -0.135. The standard InChI is InChI=1S/C10H9ClO3/c1-6-3-4-7(5-8(6)11)9(12)10(13)14-2/h3-5H,1-2H3. The minimum atomic E-state index is -0.884. The lowest BCUT2D eigenvalue weighted by Gasteiger charge is -2.01. The van der Waals surface area contributed by atoms with Gasteiger partial charge in [0.05, 0.1) is 7.11 Å². The van der Waals surface area contributed by atoms with E-state index < -0.39 is 11.8 Å². The highest BCUT2D eigenvalue weighted by atomic mass is 35.5. The van der Waals surface area contributed by atoms with Gasteiger partial charge in [0.25, 0.3) is 5.78 Å². The molecule has 0 unspecified atom stereocenters. The van der Waals surface area contributed by atoms with Gasteiger partial charge in [-0.25, -0.2) is 4.79 Å². The number of halogens is 1. The van der Waals surface area contributed by atoms with Gasteiger partial charge in [0.15, 0.2) is 0 Å². The van der Waals surface area contributed by atoms with E-state index in [4.69, 9.17) is 11.6 Å². The number of ether oxygens (including phenoxy) is 1. The lowest BCUT2D eigenvalue weighted by Crippen LogP contribution is -2.15. The number of ketones is 1. The summed E-state index contributed by atoms with van der Waals surface area (Å²) in [6.45, 7) is 1.81. The molecule has 0 saturated heterocycles. The molecule has 0 spiro atoms. The van der Waals surface area contributed by atoms with E-state index in [1.165, 1.54) is 6.07 Å². The van der Waals surface area contributed by atoms with Crippen LogP contribution in [-0.4, -0.2) is 18.9 Å². The van der Waals surface area contributed by atoms with Gasteiger partial charge in [-0.15, -0.1) is 0 Å². The molecule has 3 nitrogen and oxygen atoms in total. The van der Waals surface area contributed by atoms with Crippen molar-refractivity contribution in [3.8, 4) is 0 Å². The van der Waals surface area contributed by atoms with Crippen molar-refractivity contribution < 1.29 is 14.3 Å². The van der Waals surface area contributed by atoms with Crippen molar-refractivity contribution in [2.45, 2.75) is 6.92 Å². The van der Waals surface area contributed by atoms with E-state index in [0.29, 0.717) is 5.02 Å². The van der Waals surface area contributed by atoms with E-state index >= 15 is 0 Å². The summed E-state index contributed by atoms with van der Waals surface area (Å²) in [6.07, 6.45) is 0. The Balaban J connectivity index is 3.03. The van der Waals surface area contributed by atoms with Crippen molar-refractivity contribution in [1.82, 2.24) is 0 Å². The van der Waals surface area contributed by atoms with Gasteiger partial charge in [-0.2, -0.15) is 0 Å². The first kappa shape index (κ1) is 10.7. The second kappa shape index (κ2) is 4.24. The van der Waals surface area contributed by atoms with Crippen LogP contribution >= 0.6 is 11.6 Å². The van der Waals surface area contributed by atoms with Crippen LogP contribution in [0.4, 0.5) is 0 Å². The number of benzene rings is 1. The van der Waals surface area contributed by atoms with Gasteiger partial charge >= 0.3 is 5.97 Å². The second-order valence-electron chi connectivity index (χ2n) is 2.78. The van der Waals surface area contributed by atoms with E-state index in [0.717, 1.165) is 12.7 Å². The van der Waals surface area contributed by atoms with Crippen molar-refractivity contribution in [2.75, 3.05) is 7.11 Å². The maximum absolute atomic E-state index is 11.3. The largest absolute Gasteiger partial charge is 0.463 e. The van der Waals surface area contributed by atoms with Gasteiger partial charge in [-0.1, -0.05) is 23.7 Å². The highest BCUT2D eigenvalue weighted by molar-refractivity contribution is 6.41. The number of Topliss-reactive ketones (excluding diaryl/α,β-unsaturated/α-hetero) is 1. The Morgan fingerprint density at radius 1 is 1.36 bits per heavy atom. The van der Waals surface area contributed by atoms with Crippen molar-refractivity contribution in [3.63, 3.8) is 0 Å². The Kier molecular flexibility index (Phi) is 3.25. The van der Waals surface area contributed by atoms with E-state index in [1.807, 2.05) is 6.92 Å². The summed E-state index contributed by atoms with van der Waals surface area (Å²) in [4.78, 5) is 22.2. The topological polar surface area (TPSA) is 43.4 Å². The fraction of sp³-hybridized carbons (Fsp3) is 0.200. The number of methoxy groups -OCH3 is 1. The third-order valence-corrected chi connectivity index (χ3v) is 2.21. The fourth-order valence-corrected chi connectivity index (χ4v) is 1.13. The molecule has 0 aliphatic carbocycles. The molecule has 1 aromatic carbocycles. The zero-order chi connectivity index (χ0) is 10.7. The zero-order valence-electron chi connectivity index (χ0n) is 7.83. The summed E-state index contributed by atoms with van der Waals surface area (Å²) in [5, 5.41) is 0.458. The third kappa shape index (κ3) is 2.12. The number of esters is 1. The molecule has 0 amide bonds. The number of hydrogen-bond acceptors (Lipinski definition) is 3. The number of hydrogen-bond donors (Lipinski definition) is 0. The summed E-state index contributed by atoms with van der Waals surface area (Å²) in [5.41, 5.74) is 1.10. The van der Waals surface area contributed by atoms with Crippen LogP contribution in [0.3, 0.4) is 0 Å². The Hall–Kier alpha value is -1.35. The molecule has 4 heteroatoms. The molecule has 14 heavy (non-hydrogen) atoms. The number of carbonyl (C=O) groups excluding carboxylic acids is 2. The Bertz CT molecular complexity index is 385. The van der Waals surface area contributed by atoms with Crippen LogP contribution in [0, 0.1) is 6.92 Å². The molecule has 0 atom stereocenters. The van der Waals surface area contributed by atoms with E-state index in [1.54, 1.807) is 12.1 Å². The van der Waals surface area contributed by atoms with Crippen molar-refractivity contribution in [2.24, 2.45) is 0 Å². The van der Waals surface area contributed by atoms with E-state index in [9.17, 15) is 9.59 Å². The number of rotatable bonds is 2. The van der Waals surface area contributed by atoms with Crippen LogP contribution in [0.2, 0.25) is 5.02 Å². The molecule has 0 radical (unpaired) electrons. The molecule has 1 rings (SSSR count). The van der Waals surface area contributed by atoms with Gasteiger partial charge in [0.2, 0.25) is 0 Å². The van der Waals surface area contributed by atoms with Gasteiger partial charge in [-0.3, -0.25) is 4.79 Å². The average Bonchev–Trinajstić information content (AvgIpc) is 2.20. The predicted octanol–water partition coefficient (Wildman–Crippen LogP) is 2.00. The van der Waals surface area contributed by atoms with Crippen molar-refractivity contribution in [3.05, 3.63) is 34.3 Å². The fourth-order valence-electron chi connectivity index (χ4n) is 0.945. The smallest absolute Gasteiger partial charge is 0.379 e. The highest BCUT2D eigenvalue weighted by Gasteiger charge is 2.16. The molecule has 0 aliphatic rings. The SMILES string of the molecule is COC(=O)C(=O)c1ccc(C)c(Cl)c1. The second-order valence-corrected chi connectivity index (χ2v) is 3.19. The molecule has 0 aromatic heterocycles. The molecule has 0 heterocycles. The molecule has 1 aromatic rings. The summed E-state index contributed by atoms with van der Waals surface area (Å²) in [7, 11) is 1.16. The molecule has 0 fully saturated rings. The molecule has 0 N–H and O–H groups in total. The van der Waals surface area contributed by atoms with Gasteiger partial charge in [0, 0.05) is 10.6 Å². The molecule has 0 saturated carbocycles. The zero-order valence-corrected chi connectivity index (χ0v) is 8.59.